The van der Waals surface area contributed by atoms with Crippen LogP contribution in [0.2, 0.25) is 13.1 Å². The molecular weight excluding hydrogens is 354 g/mol. The number of hydrogen-bond acceptors (Lipinski definition) is 0. The fourth-order valence-electron chi connectivity index (χ4n) is 5.76. The Bertz CT molecular complexity index is 1270. The van der Waals surface area contributed by atoms with E-state index in [1.807, 2.05) is 5.20 Å². The average Bonchev–Trinajstić information content (AvgIpc) is 3.19. The molecule has 0 saturated heterocycles. The van der Waals surface area contributed by atoms with Gasteiger partial charge in [0.25, 0.3) is 0 Å². The van der Waals surface area contributed by atoms with Crippen LogP contribution in [0.25, 0.3) is 33.1 Å². The summed E-state index contributed by atoms with van der Waals surface area (Å²) < 4.78 is 2.53. The van der Waals surface area contributed by atoms with E-state index >= 15 is 0 Å². The Labute approximate surface area is 167 Å². The second-order valence-corrected chi connectivity index (χ2v) is 13.3. The van der Waals surface area contributed by atoms with Gasteiger partial charge in [0.2, 0.25) is 0 Å². The van der Waals surface area contributed by atoms with Gasteiger partial charge in [-0.05, 0) is 54.6 Å². The Balaban J connectivity index is 1.84. The van der Waals surface area contributed by atoms with E-state index in [0.717, 1.165) is 0 Å². The molecule has 2 heterocycles. The molecule has 0 radical (unpaired) electrons. The van der Waals surface area contributed by atoms with Crippen molar-refractivity contribution in [1.82, 2.24) is 4.57 Å². The molecule has 0 unspecified atom stereocenters. The van der Waals surface area contributed by atoms with Gasteiger partial charge in [-0.2, -0.15) is 0 Å². The first-order valence-corrected chi connectivity index (χ1v) is 13.5. The molecule has 1 aliphatic heterocycles. The van der Waals surface area contributed by atoms with Crippen molar-refractivity contribution in [2.45, 2.75) is 38.8 Å². The zero-order valence-electron chi connectivity index (χ0n) is 16.6. The Morgan fingerprint density at radius 3 is 2.36 bits per heavy atom. The molecule has 1 aromatic heterocycles. The first kappa shape index (κ1) is 16.4. The fraction of sp³-hybridized carbons (Fsp3) is 0.231. The lowest BCUT2D eigenvalue weighted by molar-refractivity contribution is 0.733. The molecule has 0 N–H and O–H groups in total. The highest BCUT2D eigenvalue weighted by Gasteiger charge is 2.41. The van der Waals surface area contributed by atoms with E-state index in [9.17, 15) is 0 Å². The van der Waals surface area contributed by atoms with Gasteiger partial charge in [0.05, 0.1) is 11.0 Å². The predicted octanol–water partition coefficient (Wildman–Crippen LogP) is 6.58. The SMILES string of the molecule is C[Si]1(C)C2=C(CCCC2)c2c1ccc1c3ccccc3n(-c3ccccc3)c21. The normalized spacial score (nSPS) is 17.9. The minimum absolute atomic E-state index is 1.26. The number of aromatic nitrogens is 1. The van der Waals surface area contributed by atoms with Crippen molar-refractivity contribution in [2.75, 3.05) is 0 Å². The molecule has 0 amide bonds. The Morgan fingerprint density at radius 2 is 1.50 bits per heavy atom. The van der Waals surface area contributed by atoms with Crippen LogP contribution in [0.1, 0.15) is 31.2 Å². The van der Waals surface area contributed by atoms with Gasteiger partial charge in [0, 0.05) is 22.0 Å². The van der Waals surface area contributed by atoms with Gasteiger partial charge in [-0.25, -0.2) is 0 Å². The minimum atomic E-state index is -1.55. The van der Waals surface area contributed by atoms with Crippen molar-refractivity contribution in [1.29, 1.82) is 0 Å². The van der Waals surface area contributed by atoms with Gasteiger partial charge in [0.1, 0.15) is 8.07 Å². The van der Waals surface area contributed by atoms with Gasteiger partial charge >= 0.3 is 0 Å². The molecule has 1 aliphatic carbocycles. The molecule has 4 aromatic rings. The van der Waals surface area contributed by atoms with E-state index in [2.05, 4.69) is 84.4 Å². The largest absolute Gasteiger partial charge is 0.309 e. The molecule has 0 bridgehead atoms. The summed E-state index contributed by atoms with van der Waals surface area (Å²) in [6.45, 7) is 5.14. The van der Waals surface area contributed by atoms with Crippen LogP contribution < -0.4 is 5.19 Å². The van der Waals surface area contributed by atoms with E-state index < -0.39 is 8.07 Å². The highest BCUT2D eigenvalue weighted by molar-refractivity contribution is 6.98. The van der Waals surface area contributed by atoms with Crippen LogP contribution in [0.3, 0.4) is 0 Å². The molecule has 0 atom stereocenters. The van der Waals surface area contributed by atoms with Crippen LogP contribution in [0.5, 0.6) is 0 Å². The van der Waals surface area contributed by atoms with E-state index in [-0.39, 0.29) is 0 Å². The van der Waals surface area contributed by atoms with Gasteiger partial charge in [0.15, 0.2) is 0 Å². The van der Waals surface area contributed by atoms with Crippen molar-refractivity contribution in [2.24, 2.45) is 0 Å². The Hall–Kier alpha value is -2.58. The third kappa shape index (κ3) is 2.02. The first-order valence-electron chi connectivity index (χ1n) is 10.5. The van der Waals surface area contributed by atoms with Crippen LogP contribution in [0, 0.1) is 0 Å². The number of allylic oxidation sites excluding steroid dienone is 2. The molecule has 28 heavy (non-hydrogen) atoms. The van der Waals surface area contributed by atoms with Crippen molar-refractivity contribution in [3.05, 3.63) is 77.5 Å². The second-order valence-electron chi connectivity index (χ2n) is 8.86. The molecule has 1 nitrogen and oxygen atoms in total. The summed E-state index contributed by atoms with van der Waals surface area (Å²) in [7, 11) is -1.55. The molecule has 0 saturated carbocycles. The highest BCUT2D eigenvalue weighted by Crippen LogP contribution is 2.46. The van der Waals surface area contributed by atoms with E-state index in [1.165, 1.54) is 53.2 Å². The van der Waals surface area contributed by atoms with Crippen molar-refractivity contribution in [3.8, 4) is 5.69 Å². The molecule has 0 fully saturated rings. The Morgan fingerprint density at radius 1 is 0.750 bits per heavy atom. The third-order valence-corrected chi connectivity index (χ3v) is 10.9. The molecule has 3 aromatic carbocycles. The maximum Gasteiger partial charge on any atom is 0.108 e. The molecule has 2 heteroatoms. The number of rotatable bonds is 1. The van der Waals surface area contributed by atoms with Gasteiger partial charge < -0.3 is 4.57 Å². The molecule has 2 aliphatic rings. The van der Waals surface area contributed by atoms with Gasteiger partial charge in [-0.15, -0.1) is 0 Å². The van der Waals surface area contributed by atoms with E-state index in [4.69, 9.17) is 0 Å². The summed E-state index contributed by atoms with van der Waals surface area (Å²) in [6, 6.07) is 24.7. The number of para-hydroxylation sites is 2. The van der Waals surface area contributed by atoms with E-state index in [1.54, 1.807) is 16.3 Å². The smallest absolute Gasteiger partial charge is 0.108 e. The molecule has 0 spiro atoms. The number of hydrogen-bond donors (Lipinski definition) is 0. The lowest BCUT2D eigenvalue weighted by Crippen LogP contribution is -2.41. The number of benzene rings is 3. The molecular formula is C26H25NSi. The highest BCUT2D eigenvalue weighted by atomic mass is 28.3. The number of nitrogens with zero attached hydrogens (tertiary/aromatic N) is 1. The summed E-state index contributed by atoms with van der Waals surface area (Å²) in [5.41, 5.74) is 7.32. The van der Waals surface area contributed by atoms with Gasteiger partial charge in [-0.3, -0.25) is 0 Å². The quantitative estimate of drug-likeness (QED) is 0.329. The van der Waals surface area contributed by atoms with Crippen molar-refractivity contribution < 1.29 is 0 Å². The van der Waals surface area contributed by atoms with Crippen molar-refractivity contribution in [3.63, 3.8) is 0 Å². The number of fused-ring (bicyclic) bond motifs is 6. The summed E-state index contributed by atoms with van der Waals surface area (Å²) in [6.07, 6.45) is 5.28. The summed E-state index contributed by atoms with van der Waals surface area (Å²) >= 11 is 0. The summed E-state index contributed by atoms with van der Waals surface area (Å²) in [5, 5.41) is 6.26. The maximum absolute atomic E-state index is 2.57. The zero-order valence-corrected chi connectivity index (χ0v) is 17.6. The summed E-state index contributed by atoms with van der Waals surface area (Å²) in [5.74, 6) is 0. The Kier molecular flexibility index (Phi) is 3.34. The van der Waals surface area contributed by atoms with Crippen LogP contribution >= 0.6 is 0 Å². The van der Waals surface area contributed by atoms with Gasteiger partial charge in [-0.1, -0.05) is 66.8 Å². The standard InChI is InChI=1S/C26H25NSi/c1-28(2)23-15-9-7-13-21(23)25-24(28)17-16-20-19-12-6-8-14-22(19)27(26(20)25)18-10-4-3-5-11-18/h3-6,8,10-12,14,16-17H,7,9,13,15H2,1-2H3. The monoisotopic (exact) mass is 379 g/mol. The van der Waals surface area contributed by atoms with Crippen molar-refractivity contribution >= 4 is 40.6 Å². The third-order valence-electron chi connectivity index (χ3n) is 7.05. The average molecular weight is 380 g/mol. The van der Waals surface area contributed by atoms with Crippen LogP contribution in [-0.2, 0) is 0 Å². The lowest BCUT2D eigenvalue weighted by Gasteiger charge is -2.24. The van der Waals surface area contributed by atoms with Crippen LogP contribution in [0.15, 0.2) is 71.9 Å². The minimum Gasteiger partial charge on any atom is -0.309 e. The molecule has 138 valence electrons. The van der Waals surface area contributed by atoms with E-state index in [0.29, 0.717) is 0 Å². The maximum atomic E-state index is 2.57. The molecule has 6 rings (SSSR count). The topological polar surface area (TPSA) is 4.93 Å². The first-order chi connectivity index (χ1) is 13.7. The van der Waals surface area contributed by atoms with Crippen LogP contribution in [0.4, 0.5) is 0 Å². The lowest BCUT2D eigenvalue weighted by atomic mass is 9.92. The fourth-order valence-corrected chi connectivity index (χ4v) is 9.29. The predicted molar refractivity (Wildman–Crippen MR) is 123 cm³/mol. The zero-order chi connectivity index (χ0) is 18.9. The summed E-state index contributed by atoms with van der Waals surface area (Å²) in [4.78, 5) is 0. The van der Waals surface area contributed by atoms with Crippen LogP contribution in [-0.4, -0.2) is 12.6 Å². The second kappa shape index (κ2) is 5.71.